The van der Waals surface area contributed by atoms with Crippen LogP contribution in [0, 0.1) is 0 Å². The van der Waals surface area contributed by atoms with Gasteiger partial charge in [0.1, 0.15) is 0 Å². The van der Waals surface area contributed by atoms with Gasteiger partial charge in [-0.25, -0.2) is 0 Å². The molecular formula is C13H26N2O2. The van der Waals surface area contributed by atoms with Crippen molar-refractivity contribution in [3.8, 4) is 0 Å². The highest BCUT2D eigenvalue weighted by Crippen LogP contribution is 2.15. The van der Waals surface area contributed by atoms with Gasteiger partial charge in [-0.05, 0) is 39.3 Å². The lowest BCUT2D eigenvalue weighted by molar-refractivity contribution is 0.0369. The number of morpholine rings is 1. The average molecular weight is 242 g/mol. The fourth-order valence-electron chi connectivity index (χ4n) is 2.59. The summed E-state index contributed by atoms with van der Waals surface area (Å²) in [5.41, 5.74) is 0. The van der Waals surface area contributed by atoms with Crippen LogP contribution in [0.1, 0.15) is 26.2 Å². The van der Waals surface area contributed by atoms with Gasteiger partial charge >= 0.3 is 0 Å². The zero-order valence-corrected chi connectivity index (χ0v) is 11.0. The number of rotatable bonds is 6. The molecule has 4 heteroatoms. The predicted molar refractivity (Wildman–Crippen MR) is 68.3 cm³/mol. The maximum atomic E-state index is 5.67. The Bertz CT molecular complexity index is 202. The summed E-state index contributed by atoms with van der Waals surface area (Å²) in [7, 11) is 0. The zero-order chi connectivity index (χ0) is 11.9. The van der Waals surface area contributed by atoms with Crippen LogP contribution in [0.5, 0.6) is 0 Å². The SMILES string of the molecule is CC(NCCCN1CCOCC1)C1CCCO1. The highest BCUT2D eigenvalue weighted by atomic mass is 16.5. The summed E-state index contributed by atoms with van der Waals surface area (Å²) in [6.45, 7) is 9.48. The van der Waals surface area contributed by atoms with Crippen molar-refractivity contribution in [2.75, 3.05) is 46.0 Å². The van der Waals surface area contributed by atoms with Gasteiger partial charge in [0.2, 0.25) is 0 Å². The molecule has 0 bridgehead atoms. The molecular weight excluding hydrogens is 216 g/mol. The standard InChI is InChI=1S/C13H26N2O2/c1-12(13-4-2-9-17-13)14-5-3-6-15-7-10-16-11-8-15/h12-14H,2-11H2,1H3. The first kappa shape index (κ1) is 13.3. The van der Waals surface area contributed by atoms with Crippen molar-refractivity contribution < 1.29 is 9.47 Å². The first-order valence-corrected chi connectivity index (χ1v) is 7.01. The fraction of sp³-hybridized carbons (Fsp3) is 1.00. The highest BCUT2D eigenvalue weighted by molar-refractivity contribution is 4.76. The van der Waals surface area contributed by atoms with Crippen molar-refractivity contribution in [3.63, 3.8) is 0 Å². The molecule has 1 N–H and O–H groups in total. The van der Waals surface area contributed by atoms with Crippen LogP contribution < -0.4 is 5.32 Å². The Morgan fingerprint density at radius 2 is 2.12 bits per heavy atom. The second-order valence-corrected chi connectivity index (χ2v) is 5.10. The summed E-state index contributed by atoms with van der Waals surface area (Å²) >= 11 is 0. The molecule has 2 fully saturated rings. The van der Waals surface area contributed by atoms with E-state index in [1.807, 2.05) is 0 Å². The predicted octanol–water partition coefficient (Wildman–Crippen LogP) is 0.866. The first-order valence-electron chi connectivity index (χ1n) is 7.01. The van der Waals surface area contributed by atoms with Crippen LogP contribution in [-0.2, 0) is 9.47 Å². The van der Waals surface area contributed by atoms with Gasteiger partial charge in [0.25, 0.3) is 0 Å². The van der Waals surface area contributed by atoms with Crippen LogP contribution in [0.4, 0.5) is 0 Å². The van der Waals surface area contributed by atoms with E-state index in [0.29, 0.717) is 12.1 Å². The fourth-order valence-corrected chi connectivity index (χ4v) is 2.59. The highest BCUT2D eigenvalue weighted by Gasteiger charge is 2.21. The molecule has 2 aliphatic heterocycles. The first-order chi connectivity index (χ1) is 8.36. The third-order valence-corrected chi connectivity index (χ3v) is 3.74. The molecule has 2 atom stereocenters. The molecule has 4 nitrogen and oxygen atoms in total. The lowest BCUT2D eigenvalue weighted by Gasteiger charge is -2.27. The summed E-state index contributed by atoms with van der Waals surface area (Å²) in [5.74, 6) is 0. The van der Waals surface area contributed by atoms with E-state index in [2.05, 4.69) is 17.1 Å². The van der Waals surface area contributed by atoms with Gasteiger partial charge in [-0.15, -0.1) is 0 Å². The van der Waals surface area contributed by atoms with Crippen molar-refractivity contribution in [1.82, 2.24) is 10.2 Å². The van der Waals surface area contributed by atoms with Gasteiger partial charge < -0.3 is 14.8 Å². The van der Waals surface area contributed by atoms with Gasteiger partial charge in [-0.3, -0.25) is 4.90 Å². The Balaban J connectivity index is 1.50. The minimum absolute atomic E-state index is 0.443. The molecule has 17 heavy (non-hydrogen) atoms. The second-order valence-electron chi connectivity index (χ2n) is 5.10. The van der Waals surface area contributed by atoms with Crippen LogP contribution in [0.3, 0.4) is 0 Å². The molecule has 0 saturated carbocycles. The average Bonchev–Trinajstić information content (AvgIpc) is 2.89. The monoisotopic (exact) mass is 242 g/mol. The smallest absolute Gasteiger partial charge is 0.0726 e. The zero-order valence-electron chi connectivity index (χ0n) is 11.0. The normalized spacial score (nSPS) is 28.4. The largest absolute Gasteiger partial charge is 0.379 e. The van der Waals surface area contributed by atoms with Crippen molar-refractivity contribution in [1.29, 1.82) is 0 Å². The van der Waals surface area contributed by atoms with Crippen LogP contribution in [-0.4, -0.2) is 63.0 Å². The number of nitrogens with one attached hydrogen (secondary N) is 1. The molecule has 0 aromatic heterocycles. The molecule has 2 unspecified atom stereocenters. The minimum atomic E-state index is 0.443. The molecule has 0 radical (unpaired) electrons. The number of ether oxygens (including phenoxy) is 2. The lowest BCUT2D eigenvalue weighted by Crippen LogP contribution is -2.40. The minimum Gasteiger partial charge on any atom is -0.379 e. The molecule has 2 rings (SSSR count). The van der Waals surface area contributed by atoms with E-state index < -0.39 is 0 Å². The van der Waals surface area contributed by atoms with Crippen molar-refractivity contribution in [2.45, 2.75) is 38.3 Å². The molecule has 0 aliphatic carbocycles. The van der Waals surface area contributed by atoms with Crippen LogP contribution in [0.25, 0.3) is 0 Å². The number of nitrogens with zero attached hydrogens (tertiary/aromatic N) is 1. The lowest BCUT2D eigenvalue weighted by atomic mass is 10.1. The molecule has 100 valence electrons. The number of hydrogen-bond donors (Lipinski definition) is 1. The molecule has 2 aliphatic rings. The Labute approximate surface area is 105 Å². The van der Waals surface area contributed by atoms with E-state index in [1.165, 1.54) is 25.8 Å². The second kappa shape index (κ2) is 7.31. The van der Waals surface area contributed by atoms with E-state index in [-0.39, 0.29) is 0 Å². The maximum absolute atomic E-state index is 5.67. The third-order valence-electron chi connectivity index (χ3n) is 3.74. The van der Waals surface area contributed by atoms with Crippen molar-refractivity contribution in [3.05, 3.63) is 0 Å². The van der Waals surface area contributed by atoms with Crippen molar-refractivity contribution >= 4 is 0 Å². The van der Waals surface area contributed by atoms with E-state index in [9.17, 15) is 0 Å². The van der Waals surface area contributed by atoms with Crippen LogP contribution in [0.2, 0.25) is 0 Å². The topological polar surface area (TPSA) is 33.7 Å². The molecule has 0 aromatic rings. The van der Waals surface area contributed by atoms with Gasteiger partial charge in [0, 0.05) is 25.7 Å². The van der Waals surface area contributed by atoms with Crippen molar-refractivity contribution in [2.24, 2.45) is 0 Å². The quantitative estimate of drug-likeness (QED) is 0.701. The van der Waals surface area contributed by atoms with Crippen LogP contribution >= 0.6 is 0 Å². The Morgan fingerprint density at radius 3 is 2.82 bits per heavy atom. The number of hydrogen-bond acceptors (Lipinski definition) is 4. The molecule has 2 heterocycles. The summed E-state index contributed by atoms with van der Waals surface area (Å²) in [6.07, 6.45) is 4.11. The Kier molecular flexibility index (Phi) is 5.71. The van der Waals surface area contributed by atoms with Gasteiger partial charge in [-0.2, -0.15) is 0 Å². The van der Waals surface area contributed by atoms with E-state index >= 15 is 0 Å². The summed E-state index contributed by atoms with van der Waals surface area (Å²) in [4.78, 5) is 2.49. The van der Waals surface area contributed by atoms with Crippen LogP contribution in [0.15, 0.2) is 0 Å². The summed E-state index contributed by atoms with van der Waals surface area (Å²) in [6, 6.07) is 0.502. The summed E-state index contributed by atoms with van der Waals surface area (Å²) < 4.78 is 11.0. The molecule has 2 saturated heterocycles. The Hall–Kier alpha value is -0.160. The van der Waals surface area contributed by atoms with E-state index in [4.69, 9.17) is 9.47 Å². The van der Waals surface area contributed by atoms with Gasteiger partial charge in [0.05, 0.1) is 19.3 Å². The maximum Gasteiger partial charge on any atom is 0.0726 e. The third kappa shape index (κ3) is 4.54. The molecule has 0 amide bonds. The molecule has 0 spiro atoms. The van der Waals surface area contributed by atoms with E-state index in [0.717, 1.165) is 39.5 Å². The van der Waals surface area contributed by atoms with Gasteiger partial charge in [-0.1, -0.05) is 0 Å². The van der Waals surface area contributed by atoms with Gasteiger partial charge in [0.15, 0.2) is 0 Å². The molecule has 0 aromatic carbocycles. The Morgan fingerprint density at radius 1 is 1.29 bits per heavy atom. The summed E-state index contributed by atoms with van der Waals surface area (Å²) in [5, 5.41) is 3.58. The van der Waals surface area contributed by atoms with E-state index in [1.54, 1.807) is 0 Å².